The number of nitrogens with one attached hydrogen (secondary N) is 3. The molecule has 0 radical (unpaired) electrons. The fraction of sp³-hybridized carbons (Fsp3) is 0.167. The van der Waals surface area contributed by atoms with Crippen molar-refractivity contribution in [3.8, 4) is 0 Å². The largest absolute Gasteiger partial charge is 0.350 e. The summed E-state index contributed by atoms with van der Waals surface area (Å²) in [5.41, 5.74) is 4.44. The van der Waals surface area contributed by atoms with E-state index in [-0.39, 0.29) is 23.6 Å². The Bertz CT molecular complexity index is 1120. The number of carbonyl (C=O) groups excluding carboxylic acids is 1. The van der Waals surface area contributed by atoms with Crippen molar-refractivity contribution in [1.82, 2.24) is 15.3 Å². The first kappa shape index (κ1) is 18.7. The molecule has 3 aromatic carbocycles. The van der Waals surface area contributed by atoms with Crippen molar-refractivity contribution >= 4 is 16.9 Å². The summed E-state index contributed by atoms with van der Waals surface area (Å²) in [6.07, 6.45) is 0.363. The summed E-state index contributed by atoms with van der Waals surface area (Å²) in [5, 5.41) is 3.10. The first-order chi connectivity index (χ1) is 14.1. The van der Waals surface area contributed by atoms with Crippen LogP contribution in [0.4, 0.5) is 0 Å². The number of fused-ring (bicyclic) bond motifs is 1. The van der Waals surface area contributed by atoms with Gasteiger partial charge in [-0.3, -0.25) is 4.79 Å². The molecule has 1 unspecified atom stereocenters. The van der Waals surface area contributed by atoms with E-state index in [1.807, 2.05) is 61.5 Å². The Balaban J connectivity index is 1.52. The Morgan fingerprint density at radius 2 is 1.41 bits per heavy atom. The standard InChI is InChI=1S/C24H23N3O2/c1-16(19-12-13-21-22(14-19)27-24(29)26-21)25-23(28)15-20(17-8-4-2-5-9-17)18-10-6-3-7-11-18/h2-14,16,20H,15H2,1H3,(H,25,28)(H2,26,27,29). The van der Waals surface area contributed by atoms with Crippen LogP contribution in [0, 0.1) is 0 Å². The third kappa shape index (κ3) is 4.29. The molecule has 0 fully saturated rings. The zero-order valence-electron chi connectivity index (χ0n) is 16.2. The molecule has 4 rings (SSSR count). The summed E-state index contributed by atoms with van der Waals surface area (Å²) in [4.78, 5) is 29.8. The van der Waals surface area contributed by atoms with Gasteiger partial charge in [0.2, 0.25) is 5.91 Å². The van der Waals surface area contributed by atoms with Crippen molar-refractivity contribution in [2.24, 2.45) is 0 Å². The molecule has 1 atom stereocenters. The molecule has 4 aromatic rings. The summed E-state index contributed by atoms with van der Waals surface area (Å²) >= 11 is 0. The molecule has 0 saturated carbocycles. The van der Waals surface area contributed by atoms with Crippen LogP contribution in [0.15, 0.2) is 83.7 Å². The van der Waals surface area contributed by atoms with Gasteiger partial charge in [-0.1, -0.05) is 66.7 Å². The van der Waals surface area contributed by atoms with Gasteiger partial charge in [-0.15, -0.1) is 0 Å². The topological polar surface area (TPSA) is 77.8 Å². The summed E-state index contributed by atoms with van der Waals surface area (Å²) in [5.74, 6) is -0.0222. The number of aromatic amines is 2. The summed E-state index contributed by atoms with van der Waals surface area (Å²) in [6, 6.07) is 25.7. The molecule has 5 nitrogen and oxygen atoms in total. The Hall–Kier alpha value is -3.60. The van der Waals surface area contributed by atoms with Gasteiger partial charge in [0.15, 0.2) is 0 Å². The maximum atomic E-state index is 12.9. The number of hydrogen-bond acceptors (Lipinski definition) is 2. The third-order valence-electron chi connectivity index (χ3n) is 5.21. The Morgan fingerprint density at radius 3 is 2.03 bits per heavy atom. The van der Waals surface area contributed by atoms with E-state index >= 15 is 0 Å². The van der Waals surface area contributed by atoms with E-state index < -0.39 is 0 Å². The zero-order valence-corrected chi connectivity index (χ0v) is 16.2. The van der Waals surface area contributed by atoms with E-state index in [1.165, 1.54) is 0 Å². The molecule has 0 spiro atoms. The van der Waals surface area contributed by atoms with Crippen molar-refractivity contribution in [1.29, 1.82) is 0 Å². The quantitative estimate of drug-likeness (QED) is 0.464. The number of hydrogen-bond donors (Lipinski definition) is 3. The number of imidazole rings is 1. The molecular formula is C24H23N3O2. The predicted molar refractivity (Wildman–Crippen MR) is 115 cm³/mol. The smallest absolute Gasteiger partial charge is 0.323 e. The Kier molecular flexibility index (Phi) is 5.29. The molecule has 3 N–H and O–H groups in total. The SMILES string of the molecule is CC(NC(=O)CC(c1ccccc1)c1ccccc1)c1ccc2[nH]c(=O)[nH]c2c1. The lowest BCUT2D eigenvalue weighted by atomic mass is 9.88. The van der Waals surface area contributed by atoms with Crippen LogP contribution in [-0.4, -0.2) is 15.9 Å². The van der Waals surface area contributed by atoms with Crippen LogP contribution < -0.4 is 11.0 Å². The Morgan fingerprint density at radius 1 is 0.828 bits per heavy atom. The molecule has 146 valence electrons. The summed E-state index contributed by atoms with van der Waals surface area (Å²) in [6.45, 7) is 1.95. The summed E-state index contributed by atoms with van der Waals surface area (Å²) in [7, 11) is 0. The first-order valence-electron chi connectivity index (χ1n) is 9.71. The van der Waals surface area contributed by atoms with Gasteiger partial charge >= 0.3 is 5.69 Å². The van der Waals surface area contributed by atoms with Crippen molar-refractivity contribution in [3.63, 3.8) is 0 Å². The van der Waals surface area contributed by atoms with E-state index in [4.69, 9.17) is 0 Å². The lowest BCUT2D eigenvalue weighted by molar-refractivity contribution is -0.121. The van der Waals surface area contributed by atoms with Crippen LogP contribution >= 0.6 is 0 Å². The van der Waals surface area contributed by atoms with Gasteiger partial charge in [0.25, 0.3) is 0 Å². The highest BCUT2D eigenvalue weighted by molar-refractivity contribution is 5.79. The second-order valence-corrected chi connectivity index (χ2v) is 7.25. The third-order valence-corrected chi connectivity index (χ3v) is 5.21. The molecular weight excluding hydrogens is 362 g/mol. The second kappa shape index (κ2) is 8.19. The molecule has 0 aliphatic rings. The average molecular weight is 385 g/mol. The zero-order chi connectivity index (χ0) is 20.2. The monoisotopic (exact) mass is 385 g/mol. The fourth-order valence-electron chi connectivity index (χ4n) is 3.69. The maximum Gasteiger partial charge on any atom is 0.323 e. The Labute approximate surface area is 168 Å². The minimum atomic E-state index is -0.234. The van der Waals surface area contributed by atoms with Crippen LogP contribution in [0.25, 0.3) is 11.0 Å². The first-order valence-corrected chi connectivity index (χ1v) is 9.71. The van der Waals surface area contributed by atoms with E-state index in [2.05, 4.69) is 39.6 Å². The number of rotatable bonds is 6. The van der Waals surface area contributed by atoms with Gasteiger partial charge in [0.05, 0.1) is 17.1 Å². The predicted octanol–water partition coefficient (Wildman–Crippen LogP) is 4.26. The molecule has 1 aromatic heterocycles. The van der Waals surface area contributed by atoms with Gasteiger partial charge < -0.3 is 15.3 Å². The number of H-pyrrole nitrogens is 2. The minimum Gasteiger partial charge on any atom is -0.350 e. The summed E-state index contributed by atoms with van der Waals surface area (Å²) < 4.78 is 0. The van der Waals surface area contributed by atoms with Crippen LogP contribution in [0.5, 0.6) is 0 Å². The number of amides is 1. The molecule has 0 bridgehead atoms. The fourth-order valence-corrected chi connectivity index (χ4v) is 3.69. The van der Waals surface area contributed by atoms with Gasteiger partial charge in [-0.05, 0) is 35.7 Å². The van der Waals surface area contributed by atoms with Crippen LogP contribution in [0.2, 0.25) is 0 Å². The number of aromatic nitrogens is 2. The van der Waals surface area contributed by atoms with Crippen molar-refractivity contribution in [2.45, 2.75) is 25.3 Å². The second-order valence-electron chi connectivity index (χ2n) is 7.25. The van der Waals surface area contributed by atoms with E-state index in [1.54, 1.807) is 0 Å². The van der Waals surface area contributed by atoms with Crippen LogP contribution in [0.1, 0.15) is 42.0 Å². The minimum absolute atomic E-state index is 0.00638. The normalized spacial score (nSPS) is 12.2. The van der Waals surface area contributed by atoms with Crippen LogP contribution in [-0.2, 0) is 4.79 Å². The highest BCUT2D eigenvalue weighted by atomic mass is 16.1. The average Bonchev–Trinajstić information content (AvgIpc) is 3.12. The molecule has 1 amide bonds. The van der Waals surface area contributed by atoms with Crippen molar-refractivity contribution < 1.29 is 4.79 Å². The van der Waals surface area contributed by atoms with Gasteiger partial charge in [-0.2, -0.15) is 0 Å². The maximum absolute atomic E-state index is 12.9. The molecule has 5 heteroatoms. The van der Waals surface area contributed by atoms with Crippen molar-refractivity contribution in [3.05, 3.63) is 106 Å². The highest BCUT2D eigenvalue weighted by Crippen LogP contribution is 2.28. The molecule has 0 aliphatic carbocycles. The molecule has 29 heavy (non-hydrogen) atoms. The van der Waals surface area contributed by atoms with Gasteiger partial charge in [-0.25, -0.2) is 4.79 Å². The molecule has 0 saturated heterocycles. The highest BCUT2D eigenvalue weighted by Gasteiger charge is 2.19. The lowest BCUT2D eigenvalue weighted by Crippen LogP contribution is -2.28. The lowest BCUT2D eigenvalue weighted by Gasteiger charge is -2.20. The van der Waals surface area contributed by atoms with Crippen LogP contribution in [0.3, 0.4) is 0 Å². The van der Waals surface area contributed by atoms with E-state index in [0.29, 0.717) is 6.42 Å². The van der Waals surface area contributed by atoms with Gasteiger partial charge in [0, 0.05) is 12.3 Å². The number of benzene rings is 3. The van der Waals surface area contributed by atoms with Crippen molar-refractivity contribution in [2.75, 3.05) is 0 Å². The van der Waals surface area contributed by atoms with E-state index in [9.17, 15) is 9.59 Å². The van der Waals surface area contributed by atoms with E-state index in [0.717, 1.165) is 27.7 Å². The molecule has 0 aliphatic heterocycles. The number of carbonyl (C=O) groups is 1. The van der Waals surface area contributed by atoms with Gasteiger partial charge in [0.1, 0.15) is 0 Å². The molecule has 1 heterocycles.